The Hall–Kier alpha value is -1.67. The summed E-state index contributed by atoms with van der Waals surface area (Å²) >= 11 is 3.45. The molecule has 8 heteroatoms. The van der Waals surface area contributed by atoms with Crippen LogP contribution in [0.25, 0.3) is 0 Å². The van der Waals surface area contributed by atoms with Crippen molar-refractivity contribution in [1.29, 1.82) is 0 Å². The molecular weight excluding hydrogens is 356 g/mol. The second kappa shape index (κ2) is 5.98. The summed E-state index contributed by atoms with van der Waals surface area (Å²) in [5.41, 5.74) is 2.41. The predicted octanol–water partition coefficient (Wildman–Crippen LogP) is 2.70. The number of halogens is 1. The molecule has 0 saturated heterocycles. The molecule has 0 fully saturated rings. The van der Waals surface area contributed by atoms with Crippen molar-refractivity contribution in [3.05, 3.63) is 40.1 Å². The molecule has 0 bridgehead atoms. The van der Waals surface area contributed by atoms with Gasteiger partial charge in [-0.25, -0.2) is 18.4 Å². The summed E-state index contributed by atoms with van der Waals surface area (Å²) in [5.74, 6) is 0.365. The van der Waals surface area contributed by atoms with Gasteiger partial charge in [-0.05, 0) is 37.1 Å². The average molecular weight is 371 g/mol. The van der Waals surface area contributed by atoms with Crippen molar-refractivity contribution in [2.45, 2.75) is 18.7 Å². The molecule has 2 rings (SSSR count). The van der Waals surface area contributed by atoms with Crippen LogP contribution in [0.1, 0.15) is 11.1 Å². The lowest BCUT2D eigenvalue weighted by atomic mass is 10.1. The molecule has 0 unspecified atom stereocenters. The van der Waals surface area contributed by atoms with Crippen LogP contribution in [-0.2, 0) is 10.0 Å². The molecule has 0 atom stereocenters. The number of rotatable bonds is 4. The minimum atomic E-state index is -3.70. The minimum absolute atomic E-state index is 0.0136. The zero-order valence-electron chi connectivity index (χ0n) is 11.8. The zero-order valence-corrected chi connectivity index (χ0v) is 14.2. The van der Waals surface area contributed by atoms with Gasteiger partial charge in [0.25, 0.3) is 10.0 Å². The Morgan fingerprint density at radius 2 is 1.62 bits per heavy atom. The van der Waals surface area contributed by atoms with Crippen LogP contribution in [0.4, 0.5) is 11.6 Å². The summed E-state index contributed by atoms with van der Waals surface area (Å²) in [6.45, 7) is 3.80. The van der Waals surface area contributed by atoms with Gasteiger partial charge in [-0.1, -0.05) is 15.9 Å². The monoisotopic (exact) mass is 370 g/mol. The summed E-state index contributed by atoms with van der Waals surface area (Å²) in [6, 6.07) is 3.52. The van der Waals surface area contributed by atoms with Gasteiger partial charge in [0.15, 0.2) is 0 Å². The Labute approximate surface area is 132 Å². The van der Waals surface area contributed by atoms with Gasteiger partial charge < -0.3 is 5.32 Å². The van der Waals surface area contributed by atoms with Crippen LogP contribution in [0, 0.1) is 13.8 Å². The first-order valence-electron chi connectivity index (χ1n) is 6.13. The predicted molar refractivity (Wildman–Crippen MR) is 86.0 cm³/mol. The zero-order chi connectivity index (χ0) is 15.6. The molecule has 2 N–H and O–H groups in total. The van der Waals surface area contributed by atoms with Crippen molar-refractivity contribution in [2.24, 2.45) is 0 Å². The number of aromatic nitrogens is 2. The van der Waals surface area contributed by atoms with Gasteiger partial charge in [-0.2, -0.15) is 0 Å². The first kappa shape index (κ1) is 15.7. The van der Waals surface area contributed by atoms with E-state index in [-0.39, 0.29) is 4.90 Å². The van der Waals surface area contributed by atoms with E-state index >= 15 is 0 Å². The van der Waals surface area contributed by atoms with Crippen molar-refractivity contribution < 1.29 is 8.42 Å². The van der Waals surface area contributed by atoms with Crippen LogP contribution < -0.4 is 10.0 Å². The largest absolute Gasteiger partial charge is 0.357 e. The Balaban J connectivity index is 2.32. The average Bonchev–Trinajstić information content (AvgIpc) is 2.44. The second-order valence-corrected chi connectivity index (χ2v) is 7.00. The molecule has 1 heterocycles. The normalized spacial score (nSPS) is 11.2. The fourth-order valence-electron chi connectivity index (χ4n) is 1.80. The number of hydrogen-bond donors (Lipinski definition) is 2. The van der Waals surface area contributed by atoms with Gasteiger partial charge >= 0.3 is 0 Å². The van der Waals surface area contributed by atoms with Gasteiger partial charge in [0.05, 0.1) is 12.4 Å². The van der Waals surface area contributed by atoms with E-state index in [1.807, 2.05) is 13.8 Å². The highest BCUT2D eigenvalue weighted by Gasteiger charge is 2.16. The van der Waals surface area contributed by atoms with Gasteiger partial charge in [0.2, 0.25) is 5.95 Å². The summed E-state index contributed by atoms with van der Waals surface area (Å²) in [4.78, 5) is 7.82. The number of benzene rings is 1. The molecule has 0 radical (unpaired) electrons. The highest BCUT2D eigenvalue weighted by molar-refractivity contribution is 9.10. The van der Waals surface area contributed by atoms with Gasteiger partial charge in [0.1, 0.15) is 4.90 Å². The smallest absolute Gasteiger partial charge is 0.264 e. The lowest BCUT2D eigenvalue weighted by Crippen LogP contribution is -2.14. The SMILES string of the molecule is CNc1ncc(S(=O)(=O)Nc2cc(C)c(Br)c(C)c2)cn1. The van der Waals surface area contributed by atoms with Crippen LogP contribution in [-0.4, -0.2) is 25.4 Å². The summed E-state index contributed by atoms with van der Waals surface area (Å²) in [7, 11) is -2.04. The molecule has 6 nitrogen and oxygen atoms in total. The topological polar surface area (TPSA) is 84.0 Å². The van der Waals surface area contributed by atoms with Crippen LogP contribution in [0.2, 0.25) is 0 Å². The summed E-state index contributed by atoms with van der Waals surface area (Å²) in [6.07, 6.45) is 2.53. The first-order valence-corrected chi connectivity index (χ1v) is 8.40. The Morgan fingerprint density at radius 3 is 2.10 bits per heavy atom. The molecule has 1 aromatic heterocycles. The van der Waals surface area contributed by atoms with E-state index in [2.05, 4.69) is 35.9 Å². The number of nitrogens with one attached hydrogen (secondary N) is 2. The number of anilines is 2. The summed E-state index contributed by atoms with van der Waals surface area (Å²) < 4.78 is 28.1. The fraction of sp³-hybridized carbons (Fsp3) is 0.231. The molecule has 21 heavy (non-hydrogen) atoms. The summed E-state index contributed by atoms with van der Waals surface area (Å²) in [5, 5.41) is 2.73. The van der Waals surface area contributed by atoms with Gasteiger partial charge in [0, 0.05) is 17.2 Å². The maximum absolute atomic E-state index is 12.3. The van der Waals surface area contributed by atoms with Crippen molar-refractivity contribution in [3.8, 4) is 0 Å². The number of sulfonamides is 1. The Morgan fingerprint density at radius 1 is 1.10 bits per heavy atom. The molecule has 0 aliphatic carbocycles. The third-order valence-corrected chi connectivity index (χ3v) is 5.44. The Bertz CT molecular complexity index is 737. The molecule has 2 aromatic rings. The molecule has 112 valence electrons. The second-order valence-electron chi connectivity index (χ2n) is 4.52. The van der Waals surface area contributed by atoms with Crippen molar-refractivity contribution in [2.75, 3.05) is 17.1 Å². The molecule has 0 saturated carbocycles. The quantitative estimate of drug-likeness (QED) is 0.864. The van der Waals surface area contributed by atoms with Crippen molar-refractivity contribution >= 4 is 37.6 Å². The third-order valence-electron chi connectivity index (χ3n) is 2.85. The van der Waals surface area contributed by atoms with Crippen LogP contribution in [0.5, 0.6) is 0 Å². The first-order chi connectivity index (χ1) is 9.83. The van der Waals surface area contributed by atoms with Crippen LogP contribution in [0.3, 0.4) is 0 Å². The number of nitrogens with zero attached hydrogens (tertiary/aromatic N) is 2. The standard InChI is InChI=1S/C13H15BrN4O2S/c1-8-4-10(5-9(2)12(8)14)18-21(19,20)11-6-16-13(15-3)17-7-11/h4-7,18H,1-3H3,(H,15,16,17). The maximum atomic E-state index is 12.3. The lowest BCUT2D eigenvalue weighted by molar-refractivity contribution is 0.600. The highest BCUT2D eigenvalue weighted by atomic mass is 79.9. The molecule has 0 aliphatic rings. The van der Waals surface area contributed by atoms with E-state index in [4.69, 9.17) is 0 Å². The molecular formula is C13H15BrN4O2S. The van der Waals surface area contributed by atoms with E-state index < -0.39 is 10.0 Å². The van der Waals surface area contributed by atoms with Crippen molar-refractivity contribution in [3.63, 3.8) is 0 Å². The van der Waals surface area contributed by atoms with E-state index in [1.165, 1.54) is 12.4 Å². The fourth-order valence-corrected chi connectivity index (χ4v) is 2.96. The van der Waals surface area contributed by atoms with Crippen LogP contribution in [0.15, 0.2) is 33.9 Å². The van der Waals surface area contributed by atoms with E-state index in [1.54, 1.807) is 19.2 Å². The molecule has 0 amide bonds. The minimum Gasteiger partial charge on any atom is -0.357 e. The highest BCUT2D eigenvalue weighted by Crippen LogP contribution is 2.26. The van der Waals surface area contributed by atoms with E-state index in [9.17, 15) is 8.42 Å². The molecule has 0 aliphatic heterocycles. The molecule has 1 aromatic carbocycles. The number of aryl methyl sites for hydroxylation is 2. The van der Waals surface area contributed by atoms with Crippen molar-refractivity contribution in [1.82, 2.24) is 9.97 Å². The molecule has 0 spiro atoms. The van der Waals surface area contributed by atoms with Gasteiger partial charge in [-0.15, -0.1) is 0 Å². The van der Waals surface area contributed by atoms with E-state index in [0.717, 1.165) is 15.6 Å². The Kier molecular flexibility index (Phi) is 4.48. The van der Waals surface area contributed by atoms with E-state index in [0.29, 0.717) is 11.6 Å². The van der Waals surface area contributed by atoms with Crippen LogP contribution >= 0.6 is 15.9 Å². The lowest BCUT2D eigenvalue weighted by Gasteiger charge is -2.11. The number of hydrogen-bond acceptors (Lipinski definition) is 5. The maximum Gasteiger partial charge on any atom is 0.264 e. The van der Waals surface area contributed by atoms with Gasteiger partial charge in [-0.3, -0.25) is 4.72 Å². The third kappa shape index (κ3) is 3.51.